The van der Waals surface area contributed by atoms with Crippen LogP contribution in [-0.2, 0) is 0 Å². The Morgan fingerprint density at radius 1 is 0.867 bits per heavy atom. The summed E-state index contributed by atoms with van der Waals surface area (Å²) in [7, 11) is 0. The fourth-order valence-corrected chi connectivity index (χ4v) is 4.20. The van der Waals surface area contributed by atoms with Crippen LogP contribution in [0.3, 0.4) is 0 Å². The van der Waals surface area contributed by atoms with Crippen molar-refractivity contribution in [1.29, 1.82) is 0 Å². The lowest BCUT2D eigenvalue weighted by atomic mass is 10.1. The van der Waals surface area contributed by atoms with Gasteiger partial charge in [0.05, 0.1) is 0 Å². The lowest BCUT2D eigenvalue weighted by Crippen LogP contribution is -2.50. The second kappa shape index (κ2) is 9.53. The van der Waals surface area contributed by atoms with E-state index in [1.54, 1.807) is 6.20 Å². The largest absolute Gasteiger partial charge is 0.353 e. The zero-order valence-corrected chi connectivity index (χ0v) is 18.1. The minimum atomic E-state index is 0.0540. The number of rotatable bonds is 5. The molecule has 1 amide bonds. The summed E-state index contributed by atoms with van der Waals surface area (Å²) < 4.78 is 0. The van der Waals surface area contributed by atoms with Crippen molar-refractivity contribution in [1.82, 2.24) is 24.7 Å². The summed E-state index contributed by atoms with van der Waals surface area (Å²) in [6.45, 7) is 13.6. The van der Waals surface area contributed by atoms with Crippen molar-refractivity contribution in [2.24, 2.45) is 0 Å². The first-order chi connectivity index (χ1) is 14.7. The van der Waals surface area contributed by atoms with E-state index in [4.69, 9.17) is 4.98 Å². The van der Waals surface area contributed by atoms with Crippen LogP contribution in [0.25, 0.3) is 11.4 Å². The van der Waals surface area contributed by atoms with Crippen LogP contribution in [0.2, 0.25) is 0 Å². The van der Waals surface area contributed by atoms with Gasteiger partial charge in [-0.25, -0.2) is 9.97 Å². The molecular weight excluding hydrogens is 376 g/mol. The third-order valence-corrected chi connectivity index (χ3v) is 6.26. The van der Waals surface area contributed by atoms with E-state index in [9.17, 15) is 4.79 Å². The summed E-state index contributed by atoms with van der Waals surface area (Å²) in [5.74, 6) is 1.51. The molecule has 1 aromatic carbocycles. The smallest absolute Gasteiger partial charge is 0.259 e. The average molecular weight is 409 g/mol. The molecule has 4 rings (SSSR count). The topological polar surface area (TPSA) is 55.8 Å². The van der Waals surface area contributed by atoms with Crippen molar-refractivity contribution >= 4 is 11.7 Å². The van der Waals surface area contributed by atoms with Gasteiger partial charge in [-0.3, -0.25) is 4.79 Å². The monoisotopic (exact) mass is 408 g/mol. The Kier molecular flexibility index (Phi) is 6.59. The van der Waals surface area contributed by atoms with Crippen molar-refractivity contribution in [3.05, 3.63) is 42.1 Å². The maximum atomic E-state index is 13.4. The number of carbonyl (C=O) groups excluding carboxylic acids is 1. The van der Waals surface area contributed by atoms with Crippen LogP contribution in [0, 0.1) is 0 Å². The number of carbonyl (C=O) groups is 1. The number of nitrogens with zero attached hydrogens (tertiary/aromatic N) is 6. The highest BCUT2D eigenvalue weighted by atomic mass is 16.2. The molecule has 2 fully saturated rings. The molecule has 3 heterocycles. The molecule has 7 heteroatoms. The van der Waals surface area contributed by atoms with E-state index in [1.165, 1.54) is 0 Å². The minimum Gasteiger partial charge on any atom is -0.353 e. The van der Waals surface area contributed by atoms with Gasteiger partial charge in [0, 0.05) is 64.1 Å². The quantitative estimate of drug-likeness (QED) is 0.755. The van der Waals surface area contributed by atoms with Gasteiger partial charge < -0.3 is 19.6 Å². The molecule has 2 aromatic rings. The summed E-state index contributed by atoms with van der Waals surface area (Å²) in [5, 5.41) is 0. The molecule has 2 saturated heterocycles. The van der Waals surface area contributed by atoms with Gasteiger partial charge in [0.2, 0.25) is 0 Å². The molecule has 7 nitrogen and oxygen atoms in total. The summed E-state index contributed by atoms with van der Waals surface area (Å²) in [4.78, 5) is 31.9. The molecule has 0 N–H and O–H groups in total. The number of anilines is 1. The molecule has 1 aromatic heterocycles. The second-order valence-corrected chi connectivity index (χ2v) is 7.94. The Morgan fingerprint density at radius 2 is 1.47 bits per heavy atom. The Morgan fingerprint density at radius 3 is 2.07 bits per heavy atom. The van der Waals surface area contributed by atoms with Crippen LogP contribution in [-0.4, -0.2) is 96.0 Å². The first kappa shape index (κ1) is 20.8. The average Bonchev–Trinajstić information content (AvgIpc) is 2.84. The SMILES string of the molecule is CCN1CCN(C(=O)c2cnc(-c3ccccc3)nc2N2CCN(CC)CC2)CC1. The van der Waals surface area contributed by atoms with Crippen molar-refractivity contribution in [3.8, 4) is 11.4 Å². The molecule has 0 radical (unpaired) electrons. The zero-order chi connectivity index (χ0) is 20.9. The molecule has 30 heavy (non-hydrogen) atoms. The third-order valence-electron chi connectivity index (χ3n) is 6.26. The van der Waals surface area contributed by atoms with Gasteiger partial charge in [-0.15, -0.1) is 0 Å². The number of hydrogen-bond donors (Lipinski definition) is 0. The third kappa shape index (κ3) is 4.47. The van der Waals surface area contributed by atoms with Crippen LogP contribution in [0.5, 0.6) is 0 Å². The van der Waals surface area contributed by atoms with Gasteiger partial charge in [-0.1, -0.05) is 44.2 Å². The Hall–Kier alpha value is -2.51. The summed E-state index contributed by atoms with van der Waals surface area (Å²) in [6.07, 6.45) is 1.74. The molecule has 2 aliphatic heterocycles. The number of hydrogen-bond acceptors (Lipinski definition) is 6. The molecule has 0 saturated carbocycles. The maximum Gasteiger partial charge on any atom is 0.259 e. The van der Waals surface area contributed by atoms with Gasteiger partial charge in [-0.2, -0.15) is 0 Å². The first-order valence-electron chi connectivity index (χ1n) is 11.1. The van der Waals surface area contributed by atoms with E-state index in [0.29, 0.717) is 11.4 Å². The minimum absolute atomic E-state index is 0.0540. The fraction of sp³-hybridized carbons (Fsp3) is 0.522. The molecule has 0 atom stereocenters. The summed E-state index contributed by atoms with van der Waals surface area (Å²) in [5.41, 5.74) is 1.60. The zero-order valence-electron chi connectivity index (χ0n) is 18.1. The fourth-order valence-electron chi connectivity index (χ4n) is 4.20. The van der Waals surface area contributed by atoms with Crippen LogP contribution in [0.1, 0.15) is 24.2 Å². The molecule has 0 spiro atoms. The van der Waals surface area contributed by atoms with E-state index in [1.807, 2.05) is 35.2 Å². The van der Waals surface area contributed by atoms with Gasteiger partial charge in [0.15, 0.2) is 5.82 Å². The number of benzene rings is 1. The number of piperazine rings is 2. The van der Waals surface area contributed by atoms with Gasteiger partial charge >= 0.3 is 0 Å². The molecule has 0 unspecified atom stereocenters. The standard InChI is InChI=1S/C23H32N6O/c1-3-26-10-14-28(15-11-26)22-20(23(30)29-16-12-27(4-2)13-17-29)18-24-21(25-22)19-8-6-5-7-9-19/h5-9,18H,3-4,10-17H2,1-2H3. The van der Waals surface area contributed by atoms with Crippen molar-refractivity contribution in [2.45, 2.75) is 13.8 Å². The van der Waals surface area contributed by atoms with Crippen molar-refractivity contribution in [3.63, 3.8) is 0 Å². The van der Waals surface area contributed by atoms with Crippen LogP contribution in [0.15, 0.2) is 36.5 Å². The summed E-state index contributed by atoms with van der Waals surface area (Å²) >= 11 is 0. The lowest BCUT2D eigenvalue weighted by molar-refractivity contribution is 0.0643. The van der Waals surface area contributed by atoms with Crippen LogP contribution in [0.4, 0.5) is 5.82 Å². The molecular formula is C23H32N6O. The van der Waals surface area contributed by atoms with Crippen LogP contribution < -0.4 is 4.90 Å². The van der Waals surface area contributed by atoms with Crippen LogP contribution >= 0.6 is 0 Å². The van der Waals surface area contributed by atoms with E-state index in [2.05, 4.69) is 33.5 Å². The highest BCUT2D eigenvalue weighted by Crippen LogP contribution is 2.25. The Labute approximate surface area is 179 Å². The first-order valence-corrected chi connectivity index (χ1v) is 11.1. The van der Waals surface area contributed by atoms with E-state index in [0.717, 1.165) is 76.8 Å². The maximum absolute atomic E-state index is 13.4. The van der Waals surface area contributed by atoms with Gasteiger partial charge in [0.1, 0.15) is 11.4 Å². The van der Waals surface area contributed by atoms with Gasteiger partial charge in [-0.05, 0) is 13.1 Å². The lowest BCUT2D eigenvalue weighted by Gasteiger charge is -2.37. The Bertz CT molecular complexity index is 842. The molecule has 0 aliphatic carbocycles. The highest BCUT2D eigenvalue weighted by molar-refractivity contribution is 5.99. The highest BCUT2D eigenvalue weighted by Gasteiger charge is 2.28. The number of amides is 1. The molecule has 0 bridgehead atoms. The number of aromatic nitrogens is 2. The molecule has 2 aliphatic rings. The molecule has 160 valence electrons. The predicted molar refractivity (Wildman–Crippen MR) is 120 cm³/mol. The van der Waals surface area contributed by atoms with Crippen molar-refractivity contribution < 1.29 is 4.79 Å². The second-order valence-electron chi connectivity index (χ2n) is 7.94. The normalized spacial score (nSPS) is 18.6. The van der Waals surface area contributed by atoms with E-state index in [-0.39, 0.29) is 5.91 Å². The van der Waals surface area contributed by atoms with E-state index < -0.39 is 0 Å². The Balaban J connectivity index is 1.63. The van der Waals surface area contributed by atoms with Crippen molar-refractivity contribution in [2.75, 3.05) is 70.3 Å². The number of likely N-dealkylation sites (N-methyl/N-ethyl adjacent to an activating group) is 2. The predicted octanol–water partition coefficient (Wildman–Crippen LogP) is 2.06. The van der Waals surface area contributed by atoms with Gasteiger partial charge in [0.25, 0.3) is 5.91 Å². The summed E-state index contributed by atoms with van der Waals surface area (Å²) in [6, 6.07) is 10.00. The van der Waals surface area contributed by atoms with E-state index >= 15 is 0 Å².